The minimum Gasteiger partial charge on any atom is -0.188 e. The highest BCUT2D eigenvalue weighted by Gasteiger charge is 1.83. The average molecular weight is 254 g/mol. The minimum atomic E-state index is 0.859. The zero-order valence-corrected chi connectivity index (χ0v) is 12.2. The standard InChI is InChI=1S/C13H10N2.2C2H6/c1-3-7-12(8-4-1)14-11-15-13-9-5-2-6-10-13;2*1-2/h1-10H;2*1-2H3. The molecule has 0 bridgehead atoms. The zero-order valence-electron chi connectivity index (χ0n) is 12.2. The number of benzene rings is 2. The minimum absolute atomic E-state index is 0.859. The lowest BCUT2D eigenvalue weighted by Gasteiger charge is -1.87. The molecule has 2 aromatic rings. The Kier molecular flexibility index (Phi) is 10.9. The maximum absolute atomic E-state index is 4.08. The van der Waals surface area contributed by atoms with E-state index in [0.29, 0.717) is 0 Å². The van der Waals surface area contributed by atoms with Gasteiger partial charge in [0.05, 0.1) is 11.4 Å². The van der Waals surface area contributed by atoms with Crippen LogP contribution in [-0.4, -0.2) is 6.01 Å². The molecule has 0 amide bonds. The highest BCUT2D eigenvalue weighted by Crippen LogP contribution is 2.10. The van der Waals surface area contributed by atoms with E-state index in [1.807, 2.05) is 88.4 Å². The normalized spacial score (nSPS) is 7.79. The topological polar surface area (TPSA) is 24.7 Å². The summed E-state index contributed by atoms with van der Waals surface area (Å²) in [7, 11) is 0. The molecule has 0 N–H and O–H groups in total. The van der Waals surface area contributed by atoms with E-state index in [0.717, 1.165) is 11.4 Å². The third-order valence-corrected chi connectivity index (χ3v) is 1.87. The molecule has 2 nitrogen and oxygen atoms in total. The molecule has 0 aliphatic heterocycles. The van der Waals surface area contributed by atoms with Gasteiger partial charge in [-0.3, -0.25) is 0 Å². The van der Waals surface area contributed by atoms with Gasteiger partial charge in [-0.25, -0.2) is 0 Å². The summed E-state index contributed by atoms with van der Waals surface area (Å²) < 4.78 is 0. The maximum atomic E-state index is 4.08. The molecule has 0 fully saturated rings. The van der Waals surface area contributed by atoms with Crippen LogP contribution in [0.1, 0.15) is 27.7 Å². The van der Waals surface area contributed by atoms with Crippen molar-refractivity contribution in [1.82, 2.24) is 0 Å². The lowest BCUT2D eigenvalue weighted by Crippen LogP contribution is -1.63. The lowest BCUT2D eigenvalue weighted by atomic mass is 10.3. The quantitative estimate of drug-likeness (QED) is 0.598. The first-order valence-electron chi connectivity index (χ1n) is 6.72. The number of nitrogens with zero attached hydrogens (tertiary/aromatic N) is 2. The second kappa shape index (κ2) is 12.3. The van der Waals surface area contributed by atoms with Crippen LogP contribution in [0.5, 0.6) is 0 Å². The molecule has 0 heterocycles. The molecule has 0 aromatic heterocycles. The molecule has 0 atom stereocenters. The van der Waals surface area contributed by atoms with Gasteiger partial charge < -0.3 is 0 Å². The molecule has 0 aliphatic carbocycles. The van der Waals surface area contributed by atoms with Crippen LogP contribution in [0.4, 0.5) is 11.4 Å². The fourth-order valence-corrected chi connectivity index (χ4v) is 1.15. The first kappa shape index (κ1) is 16.8. The predicted octanol–water partition coefficient (Wildman–Crippen LogP) is 5.88. The molecular weight excluding hydrogens is 232 g/mol. The van der Waals surface area contributed by atoms with Crippen LogP contribution in [0, 0.1) is 0 Å². The second-order valence-electron chi connectivity index (χ2n) is 2.99. The number of hydrogen-bond acceptors (Lipinski definition) is 2. The molecule has 19 heavy (non-hydrogen) atoms. The first-order valence-corrected chi connectivity index (χ1v) is 6.72. The molecule has 0 saturated heterocycles. The van der Waals surface area contributed by atoms with E-state index in [9.17, 15) is 0 Å². The van der Waals surface area contributed by atoms with Gasteiger partial charge in [-0.15, -0.1) is 0 Å². The van der Waals surface area contributed by atoms with E-state index < -0.39 is 0 Å². The summed E-state index contributed by atoms with van der Waals surface area (Å²) in [5, 5.41) is 0. The monoisotopic (exact) mass is 254 g/mol. The Morgan fingerprint density at radius 3 is 1.21 bits per heavy atom. The van der Waals surface area contributed by atoms with Crippen molar-refractivity contribution >= 4 is 17.4 Å². The Hall–Kier alpha value is -2.18. The molecule has 2 rings (SSSR count). The number of rotatable bonds is 2. The molecule has 0 radical (unpaired) electrons. The third kappa shape index (κ3) is 7.69. The number of hydrogen-bond donors (Lipinski definition) is 0. The Bertz CT molecular complexity index is 426. The Morgan fingerprint density at radius 2 is 0.895 bits per heavy atom. The summed E-state index contributed by atoms with van der Waals surface area (Å²) in [5.41, 5.74) is 1.72. The van der Waals surface area contributed by atoms with Crippen molar-refractivity contribution in [2.24, 2.45) is 9.98 Å². The molecule has 0 saturated carbocycles. The van der Waals surface area contributed by atoms with Crippen LogP contribution >= 0.6 is 0 Å². The van der Waals surface area contributed by atoms with Gasteiger partial charge in [0.25, 0.3) is 0 Å². The molecule has 0 aliphatic rings. The number of para-hydroxylation sites is 2. The van der Waals surface area contributed by atoms with Crippen molar-refractivity contribution in [3.8, 4) is 0 Å². The highest BCUT2D eigenvalue weighted by molar-refractivity contribution is 5.57. The molecule has 2 heteroatoms. The summed E-state index contributed by atoms with van der Waals surface area (Å²) >= 11 is 0. The van der Waals surface area contributed by atoms with Gasteiger partial charge in [-0.05, 0) is 24.3 Å². The van der Waals surface area contributed by atoms with Gasteiger partial charge in [0.1, 0.15) is 6.01 Å². The predicted molar refractivity (Wildman–Crippen MR) is 84.8 cm³/mol. The van der Waals surface area contributed by atoms with Crippen molar-refractivity contribution < 1.29 is 0 Å². The van der Waals surface area contributed by atoms with Crippen molar-refractivity contribution in [3.63, 3.8) is 0 Å². The van der Waals surface area contributed by atoms with E-state index in [2.05, 4.69) is 16.0 Å². The van der Waals surface area contributed by atoms with Crippen LogP contribution < -0.4 is 0 Å². The Morgan fingerprint density at radius 1 is 0.579 bits per heavy atom. The van der Waals surface area contributed by atoms with Gasteiger partial charge in [-0.2, -0.15) is 9.98 Å². The number of aliphatic imine (C=N–C) groups is 2. The SMILES string of the molecule is C(=Nc1ccccc1)=Nc1ccccc1.CC.CC. The van der Waals surface area contributed by atoms with Gasteiger partial charge in [0, 0.05) is 0 Å². The second-order valence-corrected chi connectivity index (χ2v) is 2.99. The first-order chi connectivity index (χ1) is 9.45. The average Bonchev–Trinajstić information content (AvgIpc) is 2.53. The summed E-state index contributed by atoms with van der Waals surface area (Å²) in [4.78, 5) is 8.17. The fraction of sp³-hybridized carbons (Fsp3) is 0.235. The molecular formula is C17H22N2. The van der Waals surface area contributed by atoms with Crippen molar-refractivity contribution in [2.45, 2.75) is 27.7 Å². The van der Waals surface area contributed by atoms with Crippen LogP contribution in [0.3, 0.4) is 0 Å². The van der Waals surface area contributed by atoms with E-state index in [-0.39, 0.29) is 0 Å². The van der Waals surface area contributed by atoms with Crippen molar-refractivity contribution in [3.05, 3.63) is 60.7 Å². The Labute approximate surface area is 116 Å². The maximum Gasteiger partial charge on any atom is 0.100 e. The van der Waals surface area contributed by atoms with Crippen LogP contribution in [-0.2, 0) is 0 Å². The van der Waals surface area contributed by atoms with E-state index in [1.54, 1.807) is 0 Å². The summed E-state index contributed by atoms with van der Waals surface area (Å²) in [6, 6.07) is 21.9. The van der Waals surface area contributed by atoms with Gasteiger partial charge in [0.2, 0.25) is 0 Å². The summed E-state index contributed by atoms with van der Waals surface area (Å²) in [5.74, 6) is 0. The zero-order chi connectivity index (χ0) is 14.3. The lowest BCUT2D eigenvalue weighted by molar-refractivity contribution is 1.49. The third-order valence-electron chi connectivity index (χ3n) is 1.87. The van der Waals surface area contributed by atoms with Crippen LogP contribution in [0.15, 0.2) is 70.6 Å². The summed E-state index contributed by atoms with van der Waals surface area (Å²) in [6.07, 6.45) is 0. The smallest absolute Gasteiger partial charge is 0.100 e. The van der Waals surface area contributed by atoms with Gasteiger partial charge in [0.15, 0.2) is 0 Å². The van der Waals surface area contributed by atoms with E-state index in [1.165, 1.54) is 0 Å². The van der Waals surface area contributed by atoms with Crippen molar-refractivity contribution in [2.75, 3.05) is 0 Å². The summed E-state index contributed by atoms with van der Waals surface area (Å²) in [6.45, 7) is 8.00. The highest BCUT2D eigenvalue weighted by atomic mass is 14.8. The molecule has 0 unspecified atom stereocenters. The molecule has 0 spiro atoms. The van der Waals surface area contributed by atoms with Gasteiger partial charge >= 0.3 is 0 Å². The van der Waals surface area contributed by atoms with Crippen molar-refractivity contribution in [1.29, 1.82) is 0 Å². The van der Waals surface area contributed by atoms with Crippen LogP contribution in [0.25, 0.3) is 0 Å². The largest absolute Gasteiger partial charge is 0.188 e. The molecule has 2 aromatic carbocycles. The fourth-order valence-electron chi connectivity index (χ4n) is 1.15. The van der Waals surface area contributed by atoms with Crippen LogP contribution in [0.2, 0.25) is 0 Å². The van der Waals surface area contributed by atoms with Gasteiger partial charge in [-0.1, -0.05) is 64.1 Å². The Balaban J connectivity index is 0.000000741. The van der Waals surface area contributed by atoms with E-state index in [4.69, 9.17) is 0 Å². The van der Waals surface area contributed by atoms with E-state index >= 15 is 0 Å². The molecule has 100 valence electrons.